The molecule has 0 aliphatic carbocycles. The minimum atomic E-state index is -0.529. The Morgan fingerprint density at radius 2 is 2.33 bits per heavy atom. The summed E-state index contributed by atoms with van der Waals surface area (Å²) >= 11 is 3.42. The standard InChI is InChI=1S/C7H7IN2OS/c8-5-2-1-3-6(4-5)12-10-7(9)11/h1-4H,(H3,9,10,11). The van der Waals surface area contributed by atoms with Crippen molar-refractivity contribution in [2.45, 2.75) is 4.90 Å². The summed E-state index contributed by atoms with van der Waals surface area (Å²) < 4.78 is 3.57. The number of carbonyl (C=O) groups excluding carboxylic acids is 1. The van der Waals surface area contributed by atoms with Crippen LogP contribution in [0.25, 0.3) is 0 Å². The molecule has 12 heavy (non-hydrogen) atoms. The minimum Gasteiger partial charge on any atom is -0.351 e. The molecule has 1 aromatic rings. The van der Waals surface area contributed by atoms with E-state index in [-0.39, 0.29) is 0 Å². The number of nitrogens with two attached hydrogens (primary N) is 1. The highest BCUT2D eigenvalue weighted by molar-refractivity contribution is 14.1. The number of primary amides is 1. The second-order valence-corrected chi connectivity index (χ2v) is 4.15. The molecule has 1 rings (SSSR count). The number of hydrogen-bond acceptors (Lipinski definition) is 2. The summed E-state index contributed by atoms with van der Waals surface area (Å²) in [6, 6.07) is 7.24. The average Bonchev–Trinajstić information content (AvgIpc) is 2.01. The van der Waals surface area contributed by atoms with E-state index in [9.17, 15) is 4.79 Å². The molecule has 0 atom stereocenters. The number of carbonyl (C=O) groups is 1. The topological polar surface area (TPSA) is 55.1 Å². The zero-order chi connectivity index (χ0) is 8.97. The molecule has 0 aliphatic rings. The third kappa shape index (κ3) is 3.31. The van der Waals surface area contributed by atoms with Crippen LogP contribution < -0.4 is 10.5 Å². The van der Waals surface area contributed by atoms with Crippen molar-refractivity contribution < 1.29 is 4.79 Å². The van der Waals surface area contributed by atoms with Crippen molar-refractivity contribution in [2.75, 3.05) is 0 Å². The van der Waals surface area contributed by atoms with Gasteiger partial charge in [-0.05, 0) is 52.7 Å². The minimum absolute atomic E-state index is 0.529. The lowest BCUT2D eigenvalue weighted by atomic mass is 10.4. The van der Waals surface area contributed by atoms with E-state index < -0.39 is 6.03 Å². The molecule has 2 amide bonds. The first-order valence-electron chi connectivity index (χ1n) is 3.16. The summed E-state index contributed by atoms with van der Waals surface area (Å²) in [4.78, 5) is 11.3. The molecule has 3 nitrogen and oxygen atoms in total. The fourth-order valence-electron chi connectivity index (χ4n) is 0.640. The molecule has 0 aromatic heterocycles. The quantitative estimate of drug-likeness (QED) is 0.647. The van der Waals surface area contributed by atoms with Crippen LogP contribution in [-0.2, 0) is 0 Å². The van der Waals surface area contributed by atoms with Gasteiger partial charge in [0.15, 0.2) is 0 Å². The van der Waals surface area contributed by atoms with Crippen molar-refractivity contribution in [3.8, 4) is 0 Å². The van der Waals surface area contributed by atoms with Crippen LogP contribution in [0.3, 0.4) is 0 Å². The molecule has 0 unspecified atom stereocenters. The molecule has 0 heterocycles. The SMILES string of the molecule is NC(=O)NSc1cccc(I)c1. The van der Waals surface area contributed by atoms with Crippen LogP contribution in [0, 0.1) is 3.57 Å². The largest absolute Gasteiger partial charge is 0.351 e. The van der Waals surface area contributed by atoms with Crippen LogP contribution in [0.2, 0.25) is 0 Å². The van der Waals surface area contributed by atoms with Crippen LogP contribution in [0.1, 0.15) is 0 Å². The van der Waals surface area contributed by atoms with E-state index in [1.807, 2.05) is 24.3 Å². The zero-order valence-corrected chi connectivity index (χ0v) is 9.06. The van der Waals surface area contributed by atoms with Crippen LogP contribution in [0.15, 0.2) is 29.2 Å². The fourth-order valence-corrected chi connectivity index (χ4v) is 1.95. The Bertz CT molecular complexity index is 292. The number of nitrogens with one attached hydrogen (secondary N) is 1. The molecule has 5 heteroatoms. The van der Waals surface area contributed by atoms with Gasteiger partial charge in [0.2, 0.25) is 0 Å². The highest BCUT2D eigenvalue weighted by atomic mass is 127. The van der Waals surface area contributed by atoms with Gasteiger partial charge >= 0.3 is 6.03 Å². The Labute approximate surface area is 88.4 Å². The molecular formula is C7H7IN2OS. The summed E-state index contributed by atoms with van der Waals surface area (Å²) in [5.74, 6) is 0. The summed E-state index contributed by atoms with van der Waals surface area (Å²) in [5.41, 5.74) is 4.91. The first-order valence-corrected chi connectivity index (χ1v) is 5.06. The van der Waals surface area contributed by atoms with Crippen molar-refractivity contribution in [2.24, 2.45) is 5.73 Å². The summed E-state index contributed by atoms with van der Waals surface area (Å²) in [7, 11) is 0. The number of amides is 2. The van der Waals surface area contributed by atoms with Gasteiger partial charge in [-0.2, -0.15) is 0 Å². The molecule has 0 radical (unpaired) electrons. The fraction of sp³-hybridized carbons (Fsp3) is 0. The molecule has 0 saturated heterocycles. The number of benzene rings is 1. The molecular weight excluding hydrogens is 287 g/mol. The summed E-state index contributed by atoms with van der Waals surface area (Å²) in [5, 5.41) is 0. The average molecular weight is 294 g/mol. The van der Waals surface area contributed by atoms with Gasteiger partial charge in [0.1, 0.15) is 0 Å². The summed E-state index contributed by atoms with van der Waals surface area (Å²) in [6.45, 7) is 0. The lowest BCUT2D eigenvalue weighted by Gasteiger charge is -2.00. The van der Waals surface area contributed by atoms with Crippen molar-refractivity contribution >= 4 is 40.6 Å². The highest BCUT2D eigenvalue weighted by Gasteiger charge is 1.95. The second-order valence-electron chi connectivity index (χ2n) is 2.03. The number of rotatable bonds is 2. The van der Waals surface area contributed by atoms with Crippen LogP contribution >= 0.6 is 34.5 Å². The van der Waals surface area contributed by atoms with Crippen molar-refractivity contribution in [1.29, 1.82) is 0 Å². The molecule has 0 bridgehead atoms. The van der Waals surface area contributed by atoms with Gasteiger partial charge in [-0.1, -0.05) is 6.07 Å². The van der Waals surface area contributed by atoms with Gasteiger partial charge in [-0.25, -0.2) is 4.79 Å². The monoisotopic (exact) mass is 294 g/mol. The Balaban J connectivity index is 2.57. The Hall–Kier alpha value is -0.430. The van der Waals surface area contributed by atoms with E-state index in [0.29, 0.717) is 0 Å². The maximum Gasteiger partial charge on any atom is 0.322 e. The predicted molar refractivity (Wildman–Crippen MR) is 57.7 cm³/mol. The van der Waals surface area contributed by atoms with Gasteiger partial charge in [-0.15, -0.1) is 0 Å². The van der Waals surface area contributed by atoms with Crippen molar-refractivity contribution in [1.82, 2.24) is 4.72 Å². The van der Waals surface area contributed by atoms with E-state index in [1.54, 1.807) is 0 Å². The normalized spacial score (nSPS) is 9.42. The van der Waals surface area contributed by atoms with Crippen molar-refractivity contribution in [3.05, 3.63) is 27.8 Å². The van der Waals surface area contributed by atoms with Gasteiger partial charge < -0.3 is 5.73 Å². The highest BCUT2D eigenvalue weighted by Crippen LogP contribution is 2.16. The van der Waals surface area contributed by atoms with E-state index in [1.165, 1.54) is 11.9 Å². The van der Waals surface area contributed by atoms with Crippen LogP contribution in [-0.4, -0.2) is 6.03 Å². The molecule has 3 N–H and O–H groups in total. The Kier molecular flexibility index (Phi) is 3.67. The van der Waals surface area contributed by atoms with Crippen LogP contribution in [0.5, 0.6) is 0 Å². The van der Waals surface area contributed by atoms with E-state index in [2.05, 4.69) is 27.3 Å². The number of urea groups is 1. The lowest BCUT2D eigenvalue weighted by Crippen LogP contribution is -2.22. The third-order valence-corrected chi connectivity index (χ3v) is 2.53. The molecule has 64 valence electrons. The van der Waals surface area contributed by atoms with Gasteiger partial charge in [0.25, 0.3) is 0 Å². The smallest absolute Gasteiger partial charge is 0.322 e. The van der Waals surface area contributed by atoms with E-state index in [4.69, 9.17) is 5.73 Å². The zero-order valence-electron chi connectivity index (χ0n) is 6.08. The number of hydrogen-bond donors (Lipinski definition) is 2. The lowest BCUT2D eigenvalue weighted by molar-refractivity contribution is 0.254. The summed E-state index contributed by atoms with van der Waals surface area (Å²) in [6.07, 6.45) is 0. The first kappa shape index (κ1) is 9.66. The molecule has 0 fully saturated rings. The van der Waals surface area contributed by atoms with E-state index in [0.717, 1.165) is 8.47 Å². The van der Waals surface area contributed by atoms with Gasteiger partial charge in [0, 0.05) is 8.47 Å². The molecule has 0 saturated carbocycles. The third-order valence-electron chi connectivity index (χ3n) is 1.07. The Morgan fingerprint density at radius 1 is 1.58 bits per heavy atom. The maximum atomic E-state index is 10.3. The molecule has 0 aliphatic heterocycles. The maximum absolute atomic E-state index is 10.3. The second kappa shape index (κ2) is 4.56. The van der Waals surface area contributed by atoms with E-state index >= 15 is 0 Å². The Morgan fingerprint density at radius 3 is 2.92 bits per heavy atom. The first-order chi connectivity index (χ1) is 5.68. The van der Waals surface area contributed by atoms with Crippen LogP contribution in [0.4, 0.5) is 4.79 Å². The number of halogens is 1. The van der Waals surface area contributed by atoms with Gasteiger partial charge in [-0.3, -0.25) is 4.72 Å². The van der Waals surface area contributed by atoms with Gasteiger partial charge in [0.05, 0.1) is 0 Å². The predicted octanol–water partition coefficient (Wildman–Crippen LogP) is 1.97. The molecule has 0 spiro atoms. The molecule has 1 aromatic carbocycles. The van der Waals surface area contributed by atoms with Crippen molar-refractivity contribution in [3.63, 3.8) is 0 Å².